The lowest BCUT2D eigenvalue weighted by atomic mass is 10.1. The fraction of sp³-hybridized carbons (Fsp3) is 0.435. The summed E-state index contributed by atoms with van der Waals surface area (Å²) in [6.45, 7) is 4.90. The van der Waals surface area contributed by atoms with Crippen LogP contribution in [0.15, 0.2) is 46.9 Å². The minimum absolute atomic E-state index is 0.0229. The Morgan fingerprint density at radius 1 is 1.11 bits per heavy atom. The number of nitrogens with one attached hydrogen (secondary N) is 1. The molecule has 0 aliphatic carbocycles. The Morgan fingerprint density at radius 2 is 1.86 bits per heavy atom. The van der Waals surface area contributed by atoms with E-state index in [1.54, 1.807) is 0 Å². The number of nitrogens with zero attached hydrogens (tertiary/aromatic N) is 1. The first-order valence-electron chi connectivity index (χ1n) is 10.2. The van der Waals surface area contributed by atoms with Crippen LogP contribution >= 0.6 is 15.9 Å². The first kappa shape index (κ1) is 20.7. The van der Waals surface area contributed by atoms with Crippen molar-refractivity contribution in [3.63, 3.8) is 0 Å². The van der Waals surface area contributed by atoms with Crippen molar-refractivity contribution in [1.29, 1.82) is 0 Å². The van der Waals surface area contributed by atoms with E-state index >= 15 is 0 Å². The second-order valence-electron chi connectivity index (χ2n) is 7.21. The zero-order valence-electron chi connectivity index (χ0n) is 16.5. The van der Waals surface area contributed by atoms with E-state index in [9.17, 15) is 4.79 Å². The number of amides is 1. The number of anilines is 2. The Morgan fingerprint density at radius 3 is 2.54 bits per heavy atom. The molecule has 0 radical (unpaired) electrons. The van der Waals surface area contributed by atoms with Gasteiger partial charge in [-0.3, -0.25) is 4.79 Å². The highest BCUT2D eigenvalue weighted by Gasteiger charge is 2.11. The summed E-state index contributed by atoms with van der Waals surface area (Å²) in [7, 11) is 0. The Bertz CT molecular complexity index is 771. The van der Waals surface area contributed by atoms with Crippen molar-refractivity contribution in [3.05, 3.63) is 52.5 Å². The number of carbonyl (C=O) groups is 1. The number of ether oxygens (including phenoxy) is 1. The van der Waals surface area contributed by atoms with Gasteiger partial charge in [-0.1, -0.05) is 13.0 Å². The second-order valence-corrected chi connectivity index (χ2v) is 8.07. The highest BCUT2D eigenvalue weighted by Crippen LogP contribution is 2.26. The molecule has 1 amide bonds. The van der Waals surface area contributed by atoms with E-state index in [0.29, 0.717) is 19.4 Å². The van der Waals surface area contributed by atoms with Gasteiger partial charge in [0.05, 0.1) is 11.1 Å². The lowest BCUT2D eigenvalue weighted by Crippen LogP contribution is -2.29. The summed E-state index contributed by atoms with van der Waals surface area (Å²) in [5, 5.41) is 2.97. The van der Waals surface area contributed by atoms with E-state index in [4.69, 9.17) is 4.74 Å². The van der Waals surface area contributed by atoms with Crippen LogP contribution in [-0.2, 0) is 11.2 Å². The Kier molecular flexibility index (Phi) is 7.78. The first-order chi connectivity index (χ1) is 13.7. The van der Waals surface area contributed by atoms with E-state index in [-0.39, 0.29) is 5.91 Å². The third kappa shape index (κ3) is 5.99. The predicted molar refractivity (Wildman–Crippen MR) is 119 cm³/mol. The van der Waals surface area contributed by atoms with E-state index in [0.717, 1.165) is 35.4 Å². The minimum atomic E-state index is 0.0229. The lowest BCUT2D eigenvalue weighted by Gasteiger charge is -2.28. The van der Waals surface area contributed by atoms with Gasteiger partial charge in [0.25, 0.3) is 0 Å². The first-order valence-corrected chi connectivity index (χ1v) is 11.0. The Labute approximate surface area is 176 Å². The zero-order chi connectivity index (χ0) is 19.8. The van der Waals surface area contributed by atoms with E-state index in [1.165, 1.54) is 30.5 Å². The molecule has 0 spiro atoms. The molecule has 28 heavy (non-hydrogen) atoms. The third-order valence-corrected chi connectivity index (χ3v) is 5.70. The average Bonchev–Trinajstić information content (AvgIpc) is 2.73. The lowest BCUT2D eigenvalue weighted by molar-refractivity contribution is -0.116. The fourth-order valence-electron chi connectivity index (χ4n) is 3.43. The minimum Gasteiger partial charge on any atom is -0.492 e. The fourth-order valence-corrected chi connectivity index (χ4v) is 3.97. The van der Waals surface area contributed by atoms with Gasteiger partial charge in [0.2, 0.25) is 5.91 Å². The summed E-state index contributed by atoms with van der Waals surface area (Å²) in [4.78, 5) is 14.6. The molecule has 5 heteroatoms. The molecular weight excluding hydrogens is 416 g/mol. The van der Waals surface area contributed by atoms with Crippen LogP contribution in [0, 0.1) is 0 Å². The smallest absolute Gasteiger partial charge is 0.224 e. The van der Waals surface area contributed by atoms with Gasteiger partial charge in [-0.2, -0.15) is 0 Å². The van der Waals surface area contributed by atoms with Gasteiger partial charge in [0.15, 0.2) is 0 Å². The molecule has 0 saturated carbocycles. The molecule has 4 nitrogen and oxygen atoms in total. The van der Waals surface area contributed by atoms with Crippen LogP contribution in [0.4, 0.5) is 11.4 Å². The molecule has 2 aromatic rings. The number of piperidine rings is 1. The van der Waals surface area contributed by atoms with Gasteiger partial charge < -0.3 is 15.0 Å². The van der Waals surface area contributed by atoms with Crippen LogP contribution in [0.25, 0.3) is 0 Å². The van der Waals surface area contributed by atoms with Crippen LogP contribution < -0.4 is 15.0 Å². The maximum atomic E-state index is 12.2. The van der Waals surface area contributed by atoms with E-state index < -0.39 is 0 Å². The van der Waals surface area contributed by atoms with Gasteiger partial charge in [-0.05, 0) is 90.0 Å². The highest BCUT2D eigenvalue weighted by atomic mass is 79.9. The molecule has 1 fully saturated rings. The van der Waals surface area contributed by atoms with Gasteiger partial charge in [-0.25, -0.2) is 0 Å². The number of aryl methyl sites for hydroxylation is 1. The van der Waals surface area contributed by atoms with E-state index in [1.807, 2.05) is 18.2 Å². The number of benzene rings is 2. The Balaban J connectivity index is 1.39. The largest absolute Gasteiger partial charge is 0.492 e. The van der Waals surface area contributed by atoms with Gasteiger partial charge in [0, 0.05) is 30.9 Å². The number of halogens is 1. The van der Waals surface area contributed by atoms with Gasteiger partial charge >= 0.3 is 0 Å². The van der Waals surface area contributed by atoms with Crippen molar-refractivity contribution < 1.29 is 9.53 Å². The topological polar surface area (TPSA) is 41.6 Å². The summed E-state index contributed by atoms with van der Waals surface area (Å²) in [6, 6.07) is 14.3. The zero-order valence-corrected chi connectivity index (χ0v) is 18.1. The van der Waals surface area contributed by atoms with Crippen LogP contribution in [0.3, 0.4) is 0 Å². The SMILES string of the molecule is CCc1ccc(OCCCC(=O)Nc2ccc(N3CCCCC3)cc2)c(Br)c1. The van der Waals surface area contributed by atoms with E-state index in [2.05, 4.69) is 57.3 Å². The predicted octanol–water partition coefficient (Wildman–Crippen LogP) is 5.80. The molecule has 0 bridgehead atoms. The van der Waals surface area contributed by atoms with Crippen LogP contribution in [0.1, 0.15) is 44.6 Å². The summed E-state index contributed by atoms with van der Waals surface area (Å²) >= 11 is 3.54. The molecule has 0 atom stereocenters. The summed E-state index contributed by atoms with van der Waals surface area (Å²) in [5.41, 5.74) is 3.36. The van der Waals surface area contributed by atoms with Crippen molar-refractivity contribution in [2.75, 3.05) is 29.9 Å². The van der Waals surface area contributed by atoms with Crippen molar-refractivity contribution in [2.24, 2.45) is 0 Å². The standard InChI is InChI=1S/C23H29BrN2O2/c1-2-18-8-13-22(21(24)17-18)28-16-6-7-23(27)25-19-9-11-20(12-10-19)26-14-4-3-5-15-26/h8-13,17H,2-7,14-16H2,1H3,(H,25,27). The molecule has 1 aliphatic rings. The van der Waals surface area contributed by atoms with Crippen LogP contribution in [0.5, 0.6) is 5.75 Å². The molecule has 1 saturated heterocycles. The van der Waals surface area contributed by atoms with Gasteiger partial charge in [0.1, 0.15) is 5.75 Å². The second kappa shape index (κ2) is 10.5. The number of carbonyl (C=O) groups excluding carboxylic acids is 1. The molecule has 2 aromatic carbocycles. The molecule has 1 N–H and O–H groups in total. The number of hydrogen-bond donors (Lipinski definition) is 1. The van der Waals surface area contributed by atoms with Crippen LogP contribution in [-0.4, -0.2) is 25.6 Å². The molecule has 3 rings (SSSR count). The highest BCUT2D eigenvalue weighted by molar-refractivity contribution is 9.10. The van der Waals surface area contributed by atoms with Crippen LogP contribution in [0.2, 0.25) is 0 Å². The van der Waals surface area contributed by atoms with Gasteiger partial charge in [-0.15, -0.1) is 0 Å². The molecule has 0 aromatic heterocycles. The van der Waals surface area contributed by atoms with Crippen molar-refractivity contribution >= 4 is 33.2 Å². The monoisotopic (exact) mass is 444 g/mol. The molecule has 1 heterocycles. The molecule has 0 unspecified atom stereocenters. The molecular formula is C23H29BrN2O2. The quantitative estimate of drug-likeness (QED) is 0.523. The summed E-state index contributed by atoms with van der Waals surface area (Å²) in [6.07, 6.45) is 5.98. The maximum absolute atomic E-state index is 12.2. The third-order valence-electron chi connectivity index (χ3n) is 5.08. The average molecular weight is 445 g/mol. The summed E-state index contributed by atoms with van der Waals surface area (Å²) < 4.78 is 6.75. The summed E-state index contributed by atoms with van der Waals surface area (Å²) in [5.74, 6) is 0.848. The number of rotatable bonds is 8. The Hall–Kier alpha value is -2.01. The van der Waals surface area contributed by atoms with Crippen molar-refractivity contribution in [1.82, 2.24) is 0 Å². The normalized spacial score (nSPS) is 14.0. The molecule has 1 aliphatic heterocycles. The molecule has 150 valence electrons. The van der Waals surface area contributed by atoms with Crippen molar-refractivity contribution in [2.45, 2.75) is 45.4 Å². The maximum Gasteiger partial charge on any atom is 0.224 e. The number of hydrogen-bond acceptors (Lipinski definition) is 3. The van der Waals surface area contributed by atoms with Crippen molar-refractivity contribution in [3.8, 4) is 5.75 Å².